The maximum Gasteiger partial charge on any atom is 0.228 e. The molecular weight excluding hydrogens is 476 g/mol. The molecule has 0 bridgehead atoms. The molecule has 0 N–H and O–H groups in total. The summed E-state index contributed by atoms with van der Waals surface area (Å²) < 4.78 is 19.5. The number of hydrogen-bond acceptors (Lipinski definition) is 6. The van der Waals surface area contributed by atoms with E-state index in [-0.39, 0.29) is 5.92 Å². The summed E-state index contributed by atoms with van der Waals surface area (Å²) in [5, 5.41) is 6.93. The fourth-order valence-corrected chi connectivity index (χ4v) is 5.36. The first-order valence-corrected chi connectivity index (χ1v) is 12.4. The van der Waals surface area contributed by atoms with Gasteiger partial charge in [-0.3, -0.25) is 0 Å². The van der Waals surface area contributed by atoms with E-state index in [0.717, 1.165) is 44.3 Å². The number of fused-ring (bicyclic) bond motifs is 6. The molecule has 0 spiro atoms. The number of methoxy groups -OCH3 is 2. The summed E-state index contributed by atoms with van der Waals surface area (Å²) in [6, 6.07) is 26.6. The number of hydrogen-bond donors (Lipinski definition) is 0. The van der Waals surface area contributed by atoms with Gasteiger partial charge in [-0.1, -0.05) is 66.7 Å². The topological polar surface area (TPSA) is 70.8 Å². The Labute approximate surface area is 219 Å². The van der Waals surface area contributed by atoms with Crippen molar-refractivity contribution in [3.8, 4) is 34.5 Å². The Morgan fingerprint density at radius 3 is 2.53 bits per heavy atom. The summed E-state index contributed by atoms with van der Waals surface area (Å²) >= 11 is 0. The monoisotopic (exact) mass is 500 g/mol. The normalized spacial score (nSPS) is 14.1. The summed E-state index contributed by atoms with van der Waals surface area (Å²) in [5.74, 6) is 3.07. The first-order valence-electron chi connectivity index (χ1n) is 12.4. The maximum absolute atomic E-state index is 6.54. The lowest BCUT2D eigenvalue weighted by Gasteiger charge is -2.29. The molecule has 7 nitrogen and oxygen atoms in total. The van der Waals surface area contributed by atoms with Crippen LogP contribution >= 0.6 is 0 Å². The van der Waals surface area contributed by atoms with Crippen LogP contribution in [0.1, 0.15) is 28.2 Å². The smallest absolute Gasteiger partial charge is 0.228 e. The molecule has 0 saturated heterocycles. The molecule has 0 amide bonds. The lowest BCUT2D eigenvalue weighted by molar-refractivity contribution is 0.354. The van der Waals surface area contributed by atoms with E-state index in [1.807, 2.05) is 42.5 Å². The van der Waals surface area contributed by atoms with Crippen molar-refractivity contribution in [1.29, 1.82) is 0 Å². The van der Waals surface area contributed by atoms with Gasteiger partial charge in [0.2, 0.25) is 5.88 Å². The number of ether oxygens (including phenoxy) is 3. The first kappa shape index (κ1) is 22.3. The number of rotatable bonds is 4. The molecule has 0 unspecified atom stereocenters. The number of aryl methyl sites for hydroxylation is 1. The molecule has 7 rings (SSSR count). The summed E-state index contributed by atoms with van der Waals surface area (Å²) in [4.78, 5) is 9.74. The van der Waals surface area contributed by atoms with Crippen LogP contribution < -0.4 is 14.2 Å². The largest absolute Gasteiger partial charge is 0.493 e. The highest BCUT2D eigenvalue weighted by molar-refractivity contribution is 5.91. The minimum atomic E-state index is -0.219. The minimum Gasteiger partial charge on any atom is -0.493 e. The van der Waals surface area contributed by atoms with Crippen molar-refractivity contribution in [2.75, 3.05) is 14.2 Å². The Hall–Kier alpha value is -4.91. The summed E-state index contributed by atoms with van der Waals surface area (Å²) in [7, 11) is 3.28. The third kappa shape index (κ3) is 3.32. The average Bonchev–Trinajstić information content (AvgIpc) is 3.40. The molecule has 0 saturated carbocycles. The molecule has 2 aromatic heterocycles. The van der Waals surface area contributed by atoms with Crippen molar-refractivity contribution in [3.05, 3.63) is 107 Å². The minimum absolute atomic E-state index is 0.219. The van der Waals surface area contributed by atoms with Gasteiger partial charge in [0.25, 0.3) is 0 Å². The first-order chi connectivity index (χ1) is 18.7. The molecule has 38 heavy (non-hydrogen) atoms. The van der Waals surface area contributed by atoms with Gasteiger partial charge in [-0.2, -0.15) is 0 Å². The highest BCUT2D eigenvalue weighted by Crippen LogP contribution is 2.51. The van der Waals surface area contributed by atoms with Crippen molar-refractivity contribution in [2.45, 2.75) is 12.8 Å². The third-order valence-corrected chi connectivity index (χ3v) is 7.22. The molecule has 0 fully saturated rings. The van der Waals surface area contributed by atoms with Crippen LogP contribution in [0.25, 0.3) is 27.8 Å². The molecule has 186 valence electrons. The maximum atomic E-state index is 6.54. The Morgan fingerprint density at radius 1 is 0.868 bits per heavy atom. The fourth-order valence-electron chi connectivity index (χ4n) is 5.36. The van der Waals surface area contributed by atoms with Gasteiger partial charge in [-0.05, 0) is 35.6 Å². The SMILES string of the molecule is COc1ccc([C@@H]2c3ccc4ccccc4c3Oc3ncn4nc(-c5ccccc5C)nc4c32)cc1OC. The predicted octanol–water partition coefficient (Wildman–Crippen LogP) is 6.56. The lowest BCUT2D eigenvalue weighted by atomic mass is 9.82. The van der Waals surface area contributed by atoms with E-state index < -0.39 is 0 Å². The molecule has 3 heterocycles. The lowest BCUT2D eigenvalue weighted by Crippen LogP contribution is -2.15. The van der Waals surface area contributed by atoms with Crippen LogP contribution in [-0.4, -0.2) is 33.8 Å². The van der Waals surface area contributed by atoms with Crippen LogP contribution in [0.15, 0.2) is 85.2 Å². The van der Waals surface area contributed by atoms with Gasteiger partial charge in [0, 0.05) is 22.4 Å². The van der Waals surface area contributed by atoms with E-state index in [2.05, 4.69) is 43.3 Å². The molecular formula is C31H24N4O3. The standard InChI is InChI=1S/C31H24N4O3/c1-18-8-4-6-10-21(18)29-33-30-27-26(20-13-15-24(36-2)25(16-20)37-3)23-14-12-19-9-5-7-11-22(19)28(23)38-31(27)32-17-35(30)34-29/h4-17,26H,1-3H3/t26-/m1/s1. The van der Waals surface area contributed by atoms with Crippen molar-refractivity contribution in [3.63, 3.8) is 0 Å². The number of nitrogens with zero attached hydrogens (tertiary/aromatic N) is 4. The molecule has 0 aliphatic carbocycles. The Kier molecular flexibility index (Phi) is 5.04. The third-order valence-electron chi connectivity index (χ3n) is 7.22. The zero-order valence-electron chi connectivity index (χ0n) is 21.2. The van der Waals surface area contributed by atoms with Crippen molar-refractivity contribution in [1.82, 2.24) is 19.6 Å². The van der Waals surface area contributed by atoms with Crippen molar-refractivity contribution < 1.29 is 14.2 Å². The Morgan fingerprint density at radius 2 is 1.68 bits per heavy atom. The van der Waals surface area contributed by atoms with Crippen LogP contribution in [0.2, 0.25) is 0 Å². The molecule has 0 radical (unpaired) electrons. The van der Waals surface area contributed by atoms with Gasteiger partial charge >= 0.3 is 0 Å². The van der Waals surface area contributed by atoms with Crippen molar-refractivity contribution in [2.24, 2.45) is 0 Å². The van der Waals surface area contributed by atoms with E-state index in [1.54, 1.807) is 25.1 Å². The Balaban J connectivity index is 1.52. The second kappa shape index (κ2) is 8.59. The molecule has 7 heteroatoms. The highest BCUT2D eigenvalue weighted by atomic mass is 16.5. The second-order valence-electron chi connectivity index (χ2n) is 9.34. The summed E-state index contributed by atoms with van der Waals surface area (Å²) in [6.45, 7) is 2.06. The molecule has 6 aromatic rings. The van der Waals surface area contributed by atoms with E-state index in [9.17, 15) is 0 Å². The summed E-state index contributed by atoms with van der Waals surface area (Å²) in [6.07, 6.45) is 1.67. The van der Waals surface area contributed by atoms with E-state index in [4.69, 9.17) is 29.3 Å². The molecule has 1 aliphatic heterocycles. The average molecular weight is 501 g/mol. The van der Waals surface area contributed by atoms with Gasteiger partial charge in [-0.25, -0.2) is 14.5 Å². The molecule has 4 aromatic carbocycles. The van der Waals surface area contributed by atoms with Gasteiger partial charge < -0.3 is 14.2 Å². The van der Waals surface area contributed by atoms with Gasteiger partial charge in [0.05, 0.1) is 19.8 Å². The van der Waals surface area contributed by atoms with Crippen LogP contribution in [0.4, 0.5) is 0 Å². The van der Waals surface area contributed by atoms with E-state index in [0.29, 0.717) is 28.9 Å². The van der Waals surface area contributed by atoms with Gasteiger partial charge in [0.15, 0.2) is 23.0 Å². The van der Waals surface area contributed by atoms with E-state index >= 15 is 0 Å². The quantitative estimate of drug-likeness (QED) is 0.273. The van der Waals surface area contributed by atoms with Gasteiger partial charge in [-0.15, -0.1) is 5.10 Å². The van der Waals surface area contributed by atoms with Crippen molar-refractivity contribution >= 4 is 16.4 Å². The van der Waals surface area contributed by atoms with Crippen LogP contribution in [0.5, 0.6) is 23.1 Å². The Bertz CT molecular complexity index is 1860. The van der Waals surface area contributed by atoms with Gasteiger partial charge in [0.1, 0.15) is 12.1 Å². The molecule has 1 atom stereocenters. The number of aromatic nitrogens is 4. The zero-order valence-corrected chi connectivity index (χ0v) is 21.2. The fraction of sp³-hybridized carbons (Fsp3) is 0.129. The van der Waals surface area contributed by atoms with Crippen LogP contribution in [-0.2, 0) is 0 Å². The molecule has 1 aliphatic rings. The second-order valence-corrected chi connectivity index (χ2v) is 9.34. The highest BCUT2D eigenvalue weighted by Gasteiger charge is 2.35. The zero-order chi connectivity index (χ0) is 25.8. The van der Waals surface area contributed by atoms with E-state index in [1.165, 1.54) is 0 Å². The van der Waals surface area contributed by atoms with Crippen LogP contribution in [0.3, 0.4) is 0 Å². The summed E-state index contributed by atoms with van der Waals surface area (Å²) in [5.41, 5.74) is 5.69. The number of benzene rings is 4. The predicted molar refractivity (Wildman–Crippen MR) is 145 cm³/mol. The van der Waals surface area contributed by atoms with Crippen LogP contribution in [0, 0.1) is 6.92 Å².